The predicted molar refractivity (Wildman–Crippen MR) is 111 cm³/mol. The van der Waals surface area contributed by atoms with E-state index in [1.54, 1.807) is 36.0 Å². The number of esters is 1. The van der Waals surface area contributed by atoms with Gasteiger partial charge in [-0.25, -0.2) is 4.79 Å². The molecule has 0 saturated carbocycles. The minimum Gasteiger partial charge on any atom is -0.452 e. The summed E-state index contributed by atoms with van der Waals surface area (Å²) in [6, 6.07) is 12.5. The molecule has 1 heterocycles. The first-order valence-electron chi connectivity index (χ1n) is 9.09. The smallest absolute Gasteiger partial charge is 0.339 e. The fourth-order valence-electron chi connectivity index (χ4n) is 2.84. The molecule has 5 nitrogen and oxygen atoms in total. The van der Waals surface area contributed by atoms with Gasteiger partial charge >= 0.3 is 5.97 Å². The van der Waals surface area contributed by atoms with Gasteiger partial charge in [0.25, 0.3) is 5.91 Å². The Morgan fingerprint density at radius 3 is 2.89 bits per heavy atom. The van der Waals surface area contributed by atoms with Gasteiger partial charge in [-0.3, -0.25) is 4.79 Å². The van der Waals surface area contributed by atoms with Crippen LogP contribution in [-0.4, -0.2) is 36.9 Å². The number of thioether (sulfide) groups is 1. The molecule has 3 rings (SSSR count). The quantitative estimate of drug-likeness (QED) is 0.519. The first-order chi connectivity index (χ1) is 13.5. The SMILES string of the molecule is Cc1ccc(Cl)cc1NC(=O)COC(=O)c1ccccc1SC[C@H]1CCCO1. The fraction of sp³-hybridized carbons (Fsp3) is 0.333. The second-order valence-corrected chi connectivity index (χ2v) is 8.02. The normalized spacial score (nSPS) is 16.0. The van der Waals surface area contributed by atoms with Crippen molar-refractivity contribution in [1.29, 1.82) is 0 Å². The van der Waals surface area contributed by atoms with Crippen molar-refractivity contribution in [2.45, 2.75) is 30.8 Å². The summed E-state index contributed by atoms with van der Waals surface area (Å²) >= 11 is 7.53. The van der Waals surface area contributed by atoms with Crippen LogP contribution in [-0.2, 0) is 14.3 Å². The Balaban J connectivity index is 1.55. The number of anilines is 1. The lowest BCUT2D eigenvalue weighted by molar-refractivity contribution is -0.119. The van der Waals surface area contributed by atoms with Crippen LogP contribution < -0.4 is 5.32 Å². The molecule has 1 saturated heterocycles. The Bertz CT molecular complexity index is 852. The number of rotatable bonds is 7. The number of carbonyl (C=O) groups is 2. The maximum Gasteiger partial charge on any atom is 0.339 e. The van der Waals surface area contributed by atoms with E-state index < -0.39 is 11.9 Å². The maximum atomic E-state index is 12.5. The lowest BCUT2D eigenvalue weighted by atomic mass is 10.2. The Morgan fingerprint density at radius 2 is 2.11 bits per heavy atom. The average molecular weight is 420 g/mol. The minimum absolute atomic E-state index is 0.223. The molecule has 2 aromatic carbocycles. The molecule has 0 unspecified atom stereocenters. The van der Waals surface area contributed by atoms with E-state index in [1.165, 1.54) is 0 Å². The summed E-state index contributed by atoms with van der Waals surface area (Å²) in [7, 11) is 0. The van der Waals surface area contributed by atoms with Crippen molar-refractivity contribution in [2.24, 2.45) is 0 Å². The van der Waals surface area contributed by atoms with Crippen LogP contribution in [0, 0.1) is 6.92 Å². The van der Waals surface area contributed by atoms with Gasteiger partial charge in [0.1, 0.15) is 0 Å². The van der Waals surface area contributed by atoms with E-state index in [2.05, 4.69) is 5.32 Å². The number of nitrogens with one attached hydrogen (secondary N) is 1. The van der Waals surface area contributed by atoms with Crippen LogP contribution >= 0.6 is 23.4 Å². The lowest BCUT2D eigenvalue weighted by Gasteiger charge is -2.12. The summed E-state index contributed by atoms with van der Waals surface area (Å²) in [5, 5.41) is 3.24. The molecule has 1 aliphatic rings. The Kier molecular flexibility index (Phi) is 7.36. The predicted octanol–water partition coefficient (Wildman–Crippen LogP) is 4.72. The van der Waals surface area contributed by atoms with Gasteiger partial charge in [0, 0.05) is 28.0 Å². The highest BCUT2D eigenvalue weighted by molar-refractivity contribution is 7.99. The molecule has 1 aliphatic heterocycles. The van der Waals surface area contributed by atoms with Gasteiger partial charge in [-0.15, -0.1) is 11.8 Å². The number of benzene rings is 2. The van der Waals surface area contributed by atoms with E-state index in [0.717, 1.165) is 35.7 Å². The van der Waals surface area contributed by atoms with E-state index >= 15 is 0 Å². The number of hydrogen-bond acceptors (Lipinski definition) is 5. The number of hydrogen-bond donors (Lipinski definition) is 1. The number of ether oxygens (including phenoxy) is 2. The summed E-state index contributed by atoms with van der Waals surface area (Å²) in [6.45, 7) is 2.30. The number of aryl methyl sites for hydroxylation is 1. The molecule has 0 aromatic heterocycles. The van der Waals surface area contributed by atoms with Gasteiger partial charge in [0.15, 0.2) is 6.61 Å². The van der Waals surface area contributed by atoms with Crippen LogP contribution in [0.25, 0.3) is 0 Å². The zero-order chi connectivity index (χ0) is 19.9. The third kappa shape index (κ3) is 5.74. The first kappa shape index (κ1) is 20.7. The van der Waals surface area contributed by atoms with Crippen molar-refractivity contribution >= 4 is 40.9 Å². The summed E-state index contributed by atoms with van der Waals surface area (Å²) in [4.78, 5) is 25.4. The zero-order valence-electron chi connectivity index (χ0n) is 15.6. The molecule has 28 heavy (non-hydrogen) atoms. The van der Waals surface area contributed by atoms with Gasteiger partial charge in [0.05, 0.1) is 11.7 Å². The standard InChI is InChI=1S/C21H22ClNO4S/c1-14-8-9-15(22)11-18(14)23-20(24)12-27-21(25)17-6-2-3-7-19(17)28-13-16-5-4-10-26-16/h2-3,6-9,11,16H,4-5,10,12-13H2,1H3,(H,23,24)/t16-/m1/s1. The van der Waals surface area contributed by atoms with Crippen molar-refractivity contribution in [3.8, 4) is 0 Å². The summed E-state index contributed by atoms with van der Waals surface area (Å²) < 4.78 is 10.8. The van der Waals surface area contributed by atoms with Crippen LogP contribution in [0.5, 0.6) is 0 Å². The Hall–Kier alpha value is -2.02. The molecule has 1 fully saturated rings. The highest BCUT2D eigenvalue weighted by atomic mass is 35.5. The average Bonchev–Trinajstić information content (AvgIpc) is 3.21. The topological polar surface area (TPSA) is 64.6 Å². The second kappa shape index (κ2) is 9.96. The molecule has 0 radical (unpaired) electrons. The van der Waals surface area contributed by atoms with Crippen LogP contribution in [0.2, 0.25) is 5.02 Å². The lowest BCUT2D eigenvalue weighted by Crippen LogP contribution is -2.21. The van der Waals surface area contributed by atoms with Gasteiger partial charge in [-0.2, -0.15) is 0 Å². The maximum absolute atomic E-state index is 12.5. The largest absolute Gasteiger partial charge is 0.452 e. The zero-order valence-corrected chi connectivity index (χ0v) is 17.1. The molecule has 1 amide bonds. The molecule has 0 aliphatic carbocycles. The highest BCUT2D eigenvalue weighted by Crippen LogP contribution is 2.27. The van der Waals surface area contributed by atoms with Crippen LogP contribution in [0.15, 0.2) is 47.4 Å². The molecular formula is C21H22ClNO4S. The van der Waals surface area contributed by atoms with Crippen molar-refractivity contribution in [1.82, 2.24) is 0 Å². The van der Waals surface area contributed by atoms with Crippen LogP contribution in [0.3, 0.4) is 0 Å². The molecule has 7 heteroatoms. The van der Waals surface area contributed by atoms with Crippen molar-refractivity contribution in [3.63, 3.8) is 0 Å². The Morgan fingerprint density at radius 1 is 1.29 bits per heavy atom. The molecular weight excluding hydrogens is 398 g/mol. The van der Waals surface area contributed by atoms with Crippen molar-refractivity contribution in [2.75, 3.05) is 24.3 Å². The summed E-state index contributed by atoms with van der Waals surface area (Å²) in [6.07, 6.45) is 2.35. The summed E-state index contributed by atoms with van der Waals surface area (Å²) in [5.41, 5.74) is 1.93. The van der Waals surface area contributed by atoms with E-state index in [9.17, 15) is 9.59 Å². The van der Waals surface area contributed by atoms with Crippen LogP contribution in [0.1, 0.15) is 28.8 Å². The first-order valence-corrected chi connectivity index (χ1v) is 10.5. The van der Waals surface area contributed by atoms with E-state index in [0.29, 0.717) is 16.3 Å². The monoisotopic (exact) mass is 419 g/mol. The molecule has 2 aromatic rings. The molecule has 1 atom stereocenters. The minimum atomic E-state index is -0.520. The van der Waals surface area contributed by atoms with Gasteiger partial charge in [-0.1, -0.05) is 29.8 Å². The second-order valence-electron chi connectivity index (χ2n) is 6.53. The molecule has 1 N–H and O–H groups in total. The van der Waals surface area contributed by atoms with Crippen molar-refractivity contribution < 1.29 is 19.1 Å². The van der Waals surface area contributed by atoms with E-state index in [1.807, 2.05) is 25.1 Å². The number of amides is 1. The van der Waals surface area contributed by atoms with E-state index in [4.69, 9.17) is 21.1 Å². The molecule has 148 valence electrons. The molecule has 0 bridgehead atoms. The third-order valence-corrected chi connectivity index (χ3v) is 5.80. The number of halogens is 1. The number of carbonyl (C=O) groups excluding carboxylic acids is 2. The third-order valence-electron chi connectivity index (χ3n) is 4.36. The van der Waals surface area contributed by atoms with Crippen molar-refractivity contribution in [3.05, 3.63) is 58.6 Å². The van der Waals surface area contributed by atoms with E-state index in [-0.39, 0.29) is 12.7 Å². The molecule has 0 spiro atoms. The highest BCUT2D eigenvalue weighted by Gasteiger charge is 2.19. The summed E-state index contributed by atoms with van der Waals surface area (Å²) in [5.74, 6) is -0.143. The Labute approximate surface area is 173 Å². The fourth-order valence-corrected chi connectivity index (χ4v) is 4.13. The van der Waals surface area contributed by atoms with Gasteiger partial charge < -0.3 is 14.8 Å². The van der Waals surface area contributed by atoms with Crippen LogP contribution in [0.4, 0.5) is 5.69 Å². The van der Waals surface area contributed by atoms with Gasteiger partial charge in [-0.05, 0) is 49.6 Å². The van der Waals surface area contributed by atoms with Gasteiger partial charge in [0.2, 0.25) is 0 Å².